The second-order valence-electron chi connectivity index (χ2n) is 9.90. The van der Waals surface area contributed by atoms with E-state index in [0.717, 1.165) is 30.4 Å². The zero-order valence-corrected chi connectivity index (χ0v) is 22.2. The molecule has 0 aromatic heterocycles. The summed E-state index contributed by atoms with van der Waals surface area (Å²) in [6.45, 7) is 4.08. The molecular formula is C29H38N2O7. The van der Waals surface area contributed by atoms with Crippen LogP contribution >= 0.6 is 0 Å². The molecule has 0 saturated carbocycles. The number of rotatable bonds is 13. The fourth-order valence-electron chi connectivity index (χ4n) is 5.47. The molecule has 2 aromatic carbocycles. The third-order valence-corrected chi connectivity index (χ3v) is 7.47. The number of carbonyl (C=O) groups excluding carboxylic acids is 1. The molecule has 3 atom stereocenters. The molecule has 2 heterocycles. The Morgan fingerprint density at radius 1 is 1.03 bits per heavy atom. The molecule has 2 aliphatic rings. The van der Waals surface area contributed by atoms with Crippen LogP contribution in [0.5, 0.6) is 17.2 Å². The minimum absolute atomic E-state index is 0.0228. The van der Waals surface area contributed by atoms with Crippen molar-refractivity contribution in [2.24, 2.45) is 5.92 Å². The van der Waals surface area contributed by atoms with E-state index in [1.54, 1.807) is 7.11 Å². The Labute approximate surface area is 223 Å². The van der Waals surface area contributed by atoms with E-state index in [2.05, 4.69) is 6.92 Å². The lowest BCUT2D eigenvalue weighted by Gasteiger charge is -2.30. The van der Waals surface area contributed by atoms with Crippen molar-refractivity contribution >= 4 is 11.9 Å². The second-order valence-corrected chi connectivity index (χ2v) is 9.90. The van der Waals surface area contributed by atoms with Gasteiger partial charge in [-0.25, -0.2) is 0 Å². The number of amides is 1. The number of unbranched alkanes of at least 4 members (excludes halogenated alkanes) is 2. The van der Waals surface area contributed by atoms with Crippen LogP contribution in [-0.2, 0) is 9.59 Å². The molecule has 2 aliphatic heterocycles. The Morgan fingerprint density at radius 3 is 2.42 bits per heavy atom. The van der Waals surface area contributed by atoms with Crippen molar-refractivity contribution in [2.75, 3.05) is 46.7 Å². The first-order valence-electron chi connectivity index (χ1n) is 13.4. The molecule has 38 heavy (non-hydrogen) atoms. The van der Waals surface area contributed by atoms with Crippen LogP contribution in [0, 0.1) is 5.92 Å². The van der Waals surface area contributed by atoms with E-state index in [0.29, 0.717) is 43.3 Å². The number of nitrogens with zero attached hydrogens (tertiary/aromatic N) is 2. The normalized spacial score (nSPS) is 20.4. The predicted octanol–water partition coefficient (Wildman–Crippen LogP) is 3.67. The maximum atomic E-state index is 13.6. The average Bonchev–Trinajstić information content (AvgIpc) is 3.55. The number of hydrogen-bond donors (Lipinski definition) is 2. The summed E-state index contributed by atoms with van der Waals surface area (Å²) in [5.74, 6) is -0.109. The number of carboxylic acids is 1. The Kier molecular flexibility index (Phi) is 9.47. The first-order valence-corrected chi connectivity index (χ1v) is 13.4. The highest BCUT2D eigenvalue weighted by molar-refractivity contribution is 5.79. The molecule has 9 nitrogen and oxygen atoms in total. The summed E-state index contributed by atoms with van der Waals surface area (Å²) < 4.78 is 16.3. The Hall–Kier alpha value is -3.30. The van der Waals surface area contributed by atoms with Gasteiger partial charge in [0.1, 0.15) is 5.75 Å². The molecule has 206 valence electrons. The fraction of sp³-hybridized carbons (Fsp3) is 0.517. The Balaban J connectivity index is 1.65. The molecule has 1 saturated heterocycles. The zero-order valence-electron chi connectivity index (χ0n) is 22.2. The number of aliphatic hydroxyl groups excluding tert-OH is 1. The first kappa shape index (κ1) is 27.7. The van der Waals surface area contributed by atoms with Crippen molar-refractivity contribution in [3.8, 4) is 17.2 Å². The van der Waals surface area contributed by atoms with Gasteiger partial charge >= 0.3 is 5.97 Å². The molecule has 0 bridgehead atoms. The standard InChI is InChI=1S/C29H38N2O7/c1-3-4-13-30(14-5-6-15-32)26(33)18-31-17-23(21-9-12-24-25(16-21)38-19-37-24)27(29(34)35)28(31)20-7-10-22(36-2)11-8-20/h7-12,16,23,27-28,32H,3-6,13-15,17-19H2,1-2H3,(H,34,35)/t23?,27-,28+/m0/s1. The van der Waals surface area contributed by atoms with E-state index >= 15 is 0 Å². The van der Waals surface area contributed by atoms with Crippen LogP contribution in [0.2, 0.25) is 0 Å². The Morgan fingerprint density at radius 2 is 1.74 bits per heavy atom. The van der Waals surface area contributed by atoms with Crippen LogP contribution in [0.3, 0.4) is 0 Å². The van der Waals surface area contributed by atoms with Crippen LogP contribution in [-0.4, -0.2) is 78.6 Å². The third-order valence-electron chi connectivity index (χ3n) is 7.47. The number of aliphatic hydroxyl groups is 1. The van der Waals surface area contributed by atoms with Crippen molar-refractivity contribution in [3.05, 3.63) is 53.6 Å². The summed E-state index contributed by atoms with van der Waals surface area (Å²) in [5, 5.41) is 19.7. The molecule has 0 spiro atoms. The molecule has 1 unspecified atom stereocenters. The van der Waals surface area contributed by atoms with E-state index in [9.17, 15) is 19.8 Å². The molecule has 2 N–H and O–H groups in total. The number of methoxy groups -OCH3 is 1. The Bertz CT molecular complexity index is 1090. The van der Waals surface area contributed by atoms with Crippen LogP contribution < -0.4 is 14.2 Å². The number of ether oxygens (including phenoxy) is 3. The number of likely N-dealkylation sites (tertiary alicyclic amines) is 1. The van der Waals surface area contributed by atoms with E-state index in [1.807, 2.05) is 52.3 Å². The monoisotopic (exact) mass is 526 g/mol. The van der Waals surface area contributed by atoms with E-state index in [4.69, 9.17) is 14.2 Å². The molecule has 1 fully saturated rings. The lowest BCUT2D eigenvalue weighted by molar-refractivity contribution is -0.144. The van der Waals surface area contributed by atoms with E-state index < -0.39 is 17.9 Å². The molecule has 9 heteroatoms. The smallest absolute Gasteiger partial charge is 0.309 e. The van der Waals surface area contributed by atoms with Gasteiger partial charge in [0.2, 0.25) is 12.7 Å². The summed E-state index contributed by atoms with van der Waals surface area (Å²) in [7, 11) is 1.59. The minimum atomic E-state index is -0.908. The van der Waals surface area contributed by atoms with Gasteiger partial charge in [-0.1, -0.05) is 31.5 Å². The van der Waals surface area contributed by atoms with Crippen LogP contribution in [0.1, 0.15) is 55.7 Å². The minimum Gasteiger partial charge on any atom is -0.497 e. The van der Waals surface area contributed by atoms with E-state index in [-0.39, 0.29) is 31.8 Å². The number of carboxylic acid groups (broad SMARTS) is 1. The summed E-state index contributed by atoms with van der Waals surface area (Å²) >= 11 is 0. The van der Waals surface area contributed by atoms with Gasteiger partial charge in [-0.3, -0.25) is 14.5 Å². The van der Waals surface area contributed by atoms with Crippen molar-refractivity contribution in [2.45, 2.75) is 44.6 Å². The van der Waals surface area contributed by atoms with Gasteiger partial charge in [0.05, 0.1) is 19.6 Å². The highest BCUT2D eigenvalue weighted by Crippen LogP contribution is 2.47. The molecule has 0 radical (unpaired) electrons. The van der Waals surface area contributed by atoms with Gasteiger partial charge in [-0.15, -0.1) is 0 Å². The molecule has 4 rings (SSSR count). The van der Waals surface area contributed by atoms with Gasteiger partial charge in [0.15, 0.2) is 11.5 Å². The maximum absolute atomic E-state index is 13.6. The summed E-state index contributed by atoms with van der Waals surface area (Å²) in [6, 6.07) is 12.5. The number of hydrogen-bond acceptors (Lipinski definition) is 7. The van der Waals surface area contributed by atoms with Crippen molar-refractivity contribution in [1.29, 1.82) is 0 Å². The number of aliphatic carboxylic acids is 1. The number of fused-ring (bicyclic) bond motifs is 1. The SMILES string of the molecule is CCCCN(CCCCO)C(=O)CN1CC(c2ccc3c(c2)OCO3)[C@H](C(=O)O)[C@H]1c1ccc(OC)cc1. The first-order chi connectivity index (χ1) is 18.5. The van der Waals surface area contributed by atoms with Gasteiger partial charge in [0.25, 0.3) is 0 Å². The summed E-state index contributed by atoms with van der Waals surface area (Å²) in [4.78, 5) is 30.2. The summed E-state index contributed by atoms with van der Waals surface area (Å²) in [6.07, 6.45) is 3.23. The molecule has 2 aromatic rings. The number of benzene rings is 2. The van der Waals surface area contributed by atoms with Crippen molar-refractivity contribution in [3.63, 3.8) is 0 Å². The quantitative estimate of drug-likeness (QED) is 0.381. The van der Waals surface area contributed by atoms with Crippen molar-refractivity contribution < 1.29 is 34.0 Å². The second kappa shape index (κ2) is 13.0. The molecule has 1 amide bonds. The van der Waals surface area contributed by atoms with Crippen molar-refractivity contribution in [1.82, 2.24) is 9.80 Å². The largest absolute Gasteiger partial charge is 0.497 e. The zero-order chi connectivity index (χ0) is 27.1. The summed E-state index contributed by atoms with van der Waals surface area (Å²) in [5.41, 5.74) is 1.68. The fourth-order valence-corrected chi connectivity index (χ4v) is 5.47. The molecule has 0 aliphatic carbocycles. The highest BCUT2D eigenvalue weighted by Gasteiger charge is 2.48. The van der Waals surface area contributed by atoms with E-state index in [1.165, 1.54) is 0 Å². The lowest BCUT2D eigenvalue weighted by atomic mass is 9.82. The third kappa shape index (κ3) is 6.22. The lowest BCUT2D eigenvalue weighted by Crippen LogP contribution is -2.42. The van der Waals surface area contributed by atoms with Crippen LogP contribution in [0.15, 0.2) is 42.5 Å². The molecular weight excluding hydrogens is 488 g/mol. The van der Waals surface area contributed by atoms with Gasteiger partial charge < -0.3 is 29.3 Å². The predicted molar refractivity (Wildman–Crippen MR) is 142 cm³/mol. The van der Waals surface area contributed by atoms with Gasteiger partial charge in [-0.2, -0.15) is 0 Å². The topological polar surface area (TPSA) is 109 Å². The maximum Gasteiger partial charge on any atom is 0.309 e. The van der Waals surface area contributed by atoms with Gasteiger partial charge in [0, 0.05) is 38.2 Å². The van der Waals surface area contributed by atoms with Crippen LogP contribution in [0.25, 0.3) is 0 Å². The van der Waals surface area contributed by atoms with Crippen LogP contribution in [0.4, 0.5) is 0 Å². The van der Waals surface area contributed by atoms with Gasteiger partial charge in [-0.05, 0) is 54.7 Å². The number of carbonyl (C=O) groups is 2. The average molecular weight is 527 g/mol. The highest BCUT2D eigenvalue weighted by atomic mass is 16.7.